The van der Waals surface area contributed by atoms with Crippen LogP contribution in [0.1, 0.15) is 17.7 Å². The van der Waals surface area contributed by atoms with E-state index in [2.05, 4.69) is 20.6 Å². The number of hydrogen-bond donors (Lipinski definition) is 1. The number of carbonyl (C=O) groups excluding carboxylic acids is 1. The highest BCUT2D eigenvalue weighted by atomic mass is 35.5. The van der Waals surface area contributed by atoms with E-state index in [1.807, 2.05) is 12.1 Å². The molecule has 2 aromatic heterocycles. The van der Waals surface area contributed by atoms with Crippen molar-refractivity contribution in [2.45, 2.75) is 19.4 Å². The van der Waals surface area contributed by atoms with E-state index in [1.165, 1.54) is 0 Å². The molecule has 3 aromatic rings. The van der Waals surface area contributed by atoms with Crippen molar-refractivity contribution in [2.75, 3.05) is 0 Å². The van der Waals surface area contributed by atoms with Gasteiger partial charge in [-0.3, -0.25) is 9.78 Å². The molecule has 8 heteroatoms. The lowest BCUT2D eigenvalue weighted by atomic mass is 10.1. The van der Waals surface area contributed by atoms with E-state index in [0.717, 1.165) is 11.3 Å². The molecule has 2 heterocycles. The number of nitrogens with one attached hydrogen (secondary N) is 1. The molecule has 0 radical (unpaired) electrons. The van der Waals surface area contributed by atoms with Gasteiger partial charge in [0, 0.05) is 22.7 Å². The van der Waals surface area contributed by atoms with Gasteiger partial charge in [-0.05, 0) is 36.2 Å². The van der Waals surface area contributed by atoms with Crippen molar-refractivity contribution in [3.05, 3.63) is 70.2 Å². The number of rotatable bonds is 6. The second kappa shape index (κ2) is 8.09. The van der Waals surface area contributed by atoms with E-state index in [0.29, 0.717) is 35.1 Å². The fourth-order valence-electron chi connectivity index (χ4n) is 2.28. The van der Waals surface area contributed by atoms with Crippen LogP contribution in [-0.4, -0.2) is 25.9 Å². The van der Waals surface area contributed by atoms with Crippen LogP contribution in [0.15, 0.2) is 48.9 Å². The third-order valence-electron chi connectivity index (χ3n) is 3.58. The molecule has 0 atom stereocenters. The van der Waals surface area contributed by atoms with Crippen LogP contribution in [0.25, 0.3) is 5.69 Å². The van der Waals surface area contributed by atoms with Gasteiger partial charge in [0.1, 0.15) is 5.69 Å². The first-order valence-electron chi connectivity index (χ1n) is 7.64. The highest BCUT2D eigenvalue weighted by molar-refractivity contribution is 6.36. The lowest BCUT2D eigenvalue weighted by Crippen LogP contribution is -2.23. The first-order valence-corrected chi connectivity index (χ1v) is 8.40. The Labute approximate surface area is 154 Å². The smallest absolute Gasteiger partial charge is 0.220 e. The number of amides is 1. The summed E-state index contributed by atoms with van der Waals surface area (Å²) in [4.78, 5) is 16.1. The van der Waals surface area contributed by atoms with Gasteiger partial charge in [-0.15, -0.1) is 5.10 Å². The number of halogens is 2. The average molecular weight is 376 g/mol. The summed E-state index contributed by atoms with van der Waals surface area (Å²) >= 11 is 12.2. The molecule has 0 aliphatic carbocycles. The third kappa shape index (κ3) is 4.55. The van der Waals surface area contributed by atoms with Crippen LogP contribution in [0.4, 0.5) is 0 Å². The standard InChI is InChI=1S/C17H15Cl2N5O/c18-15-4-1-5-16(19)14(15)6-7-17(25)21-9-12-11-24(23-22-12)13-3-2-8-20-10-13/h1-5,8,10-11H,6-7,9H2,(H,21,25). The Bertz CT molecular complexity index is 846. The second-order valence-corrected chi connectivity index (χ2v) is 6.16. The van der Waals surface area contributed by atoms with Crippen LogP contribution >= 0.6 is 23.2 Å². The summed E-state index contributed by atoms with van der Waals surface area (Å²) in [5.74, 6) is -0.105. The van der Waals surface area contributed by atoms with E-state index in [1.54, 1.807) is 41.5 Å². The predicted octanol–water partition coefficient (Wildman–Crippen LogP) is 3.22. The van der Waals surface area contributed by atoms with Gasteiger partial charge in [-0.1, -0.05) is 34.5 Å². The monoisotopic (exact) mass is 375 g/mol. The number of hydrogen-bond acceptors (Lipinski definition) is 4. The maximum Gasteiger partial charge on any atom is 0.220 e. The summed E-state index contributed by atoms with van der Waals surface area (Å²) in [6.07, 6.45) is 5.90. The van der Waals surface area contributed by atoms with Crippen LogP contribution in [0.3, 0.4) is 0 Å². The molecule has 1 amide bonds. The molecule has 128 valence electrons. The van der Waals surface area contributed by atoms with E-state index in [-0.39, 0.29) is 5.91 Å². The molecule has 6 nitrogen and oxygen atoms in total. The molecule has 0 spiro atoms. The largest absolute Gasteiger partial charge is 0.350 e. The van der Waals surface area contributed by atoms with Gasteiger partial charge in [0.25, 0.3) is 0 Å². The van der Waals surface area contributed by atoms with Crippen molar-refractivity contribution in [3.63, 3.8) is 0 Å². The highest BCUT2D eigenvalue weighted by Crippen LogP contribution is 2.25. The van der Waals surface area contributed by atoms with Crippen molar-refractivity contribution < 1.29 is 4.79 Å². The van der Waals surface area contributed by atoms with Gasteiger partial charge in [-0.25, -0.2) is 4.68 Å². The normalized spacial score (nSPS) is 10.6. The van der Waals surface area contributed by atoms with E-state index in [9.17, 15) is 4.79 Å². The zero-order valence-corrected chi connectivity index (χ0v) is 14.7. The Morgan fingerprint density at radius 2 is 1.96 bits per heavy atom. The van der Waals surface area contributed by atoms with Gasteiger partial charge in [-0.2, -0.15) is 0 Å². The number of aromatic nitrogens is 4. The fourth-order valence-corrected chi connectivity index (χ4v) is 2.87. The van der Waals surface area contributed by atoms with Crippen molar-refractivity contribution in [1.82, 2.24) is 25.3 Å². The lowest BCUT2D eigenvalue weighted by molar-refractivity contribution is -0.121. The minimum absolute atomic E-state index is 0.105. The van der Waals surface area contributed by atoms with Crippen molar-refractivity contribution in [1.29, 1.82) is 0 Å². The lowest BCUT2D eigenvalue weighted by Gasteiger charge is -2.07. The van der Waals surface area contributed by atoms with Crippen LogP contribution in [-0.2, 0) is 17.8 Å². The zero-order valence-electron chi connectivity index (χ0n) is 13.2. The summed E-state index contributed by atoms with van der Waals surface area (Å²) in [7, 11) is 0. The minimum Gasteiger partial charge on any atom is -0.350 e. The van der Waals surface area contributed by atoms with Crippen LogP contribution in [0.2, 0.25) is 10.0 Å². The summed E-state index contributed by atoms with van der Waals surface area (Å²) in [6, 6.07) is 8.99. The predicted molar refractivity (Wildman–Crippen MR) is 95.8 cm³/mol. The van der Waals surface area contributed by atoms with Gasteiger partial charge < -0.3 is 5.32 Å². The Morgan fingerprint density at radius 1 is 1.16 bits per heavy atom. The van der Waals surface area contributed by atoms with Crippen LogP contribution < -0.4 is 5.32 Å². The van der Waals surface area contributed by atoms with Gasteiger partial charge in [0.15, 0.2) is 0 Å². The minimum atomic E-state index is -0.105. The summed E-state index contributed by atoms with van der Waals surface area (Å²) < 4.78 is 1.61. The molecule has 0 aliphatic heterocycles. The quantitative estimate of drug-likeness (QED) is 0.717. The highest BCUT2D eigenvalue weighted by Gasteiger charge is 2.09. The molecule has 0 saturated heterocycles. The average Bonchev–Trinajstić information content (AvgIpc) is 3.09. The SMILES string of the molecule is O=C(CCc1c(Cl)cccc1Cl)NCc1cn(-c2cccnc2)nn1. The molecule has 0 bridgehead atoms. The number of nitrogens with zero attached hydrogens (tertiary/aromatic N) is 4. The van der Waals surface area contributed by atoms with Gasteiger partial charge >= 0.3 is 0 Å². The fraction of sp³-hybridized carbons (Fsp3) is 0.176. The van der Waals surface area contributed by atoms with E-state index < -0.39 is 0 Å². The van der Waals surface area contributed by atoms with Crippen molar-refractivity contribution in [3.8, 4) is 5.69 Å². The molecular weight excluding hydrogens is 361 g/mol. The molecule has 0 aliphatic rings. The maximum atomic E-state index is 12.0. The molecule has 3 rings (SSSR count). The van der Waals surface area contributed by atoms with Crippen molar-refractivity contribution >= 4 is 29.1 Å². The Morgan fingerprint density at radius 3 is 2.68 bits per heavy atom. The molecule has 25 heavy (non-hydrogen) atoms. The number of benzene rings is 1. The molecule has 0 fully saturated rings. The third-order valence-corrected chi connectivity index (χ3v) is 4.29. The summed E-state index contributed by atoms with van der Waals surface area (Å²) in [5.41, 5.74) is 2.25. The van der Waals surface area contributed by atoms with Crippen LogP contribution in [0.5, 0.6) is 0 Å². The molecule has 1 N–H and O–H groups in total. The summed E-state index contributed by atoms with van der Waals surface area (Å²) in [5, 5.41) is 12.0. The Kier molecular flexibility index (Phi) is 5.63. The summed E-state index contributed by atoms with van der Waals surface area (Å²) in [6.45, 7) is 0.301. The first-order chi connectivity index (χ1) is 12.1. The Balaban J connectivity index is 1.52. The zero-order chi connectivity index (χ0) is 17.6. The molecular formula is C17H15Cl2N5O. The molecule has 0 unspecified atom stereocenters. The second-order valence-electron chi connectivity index (χ2n) is 5.34. The number of pyridine rings is 1. The molecule has 1 aromatic carbocycles. The van der Waals surface area contributed by atoms with Gasteiger partial charge in [0.05, 0.1) is 24.6 Å². The van der Waals surface area contributed by atoms with Gasteiger partial charge in [0.2, 0.25) is 5.91 Å². The van der Waals surface area contributed by atoms with Crippen molar-refractivity contribution in [2.24, 2.45) is 0 Å². The maximum absolute atomic E-state index is 12.0. The molecule has 0 saturated carbocycles. The topological polar surface area (TPSA) is 72.7 Å². The Hall–Kier alpha value is -2.44. The number of carbonyl (C=O) groups is 1. The first kappa shape index (κ1) is 17.4. The van der Waals surface area contributed by atoms with E-state index in [4.69, 9.17) is 23.2 Å². The van der Waals surface area contributed by atoms with Crippen LogP contribution in [0, 0.1) is 0 Å². The van der Waals surface area contributed by atoms with E-state index >= 15 is 0 Å².